The first-order valence-electron chi connectivity index (χ1n) is 11.0. The van der Waals surface area contributed by atoms with Crippen molar-refractivity contribution >= 4 is 23.2 Å². The van der Waals surface area contributed by atoms with Gasteiger partial charge in [0.05, 0.1) is 23.9 Å². The third kappa shape index (κ3) is 7.04. The lowest BCUT2D eigenvalue weighted by atomic mass is 10.2. The molecule has 31 heavy (non-hydrogen) atoms. The van der Waals surface area contributed by atoms with Crippen molar-refractivity contribution in [1.29, 1.82) is 0 Å². The molecule has 1 N–H and O–H groups in total. The molecule has 1 fully saturated rings. The van der Waals surface area contributed by atoms with Crippen molar-refractivity contribution in [1.82, 2.24) is 20.1 Å². The number of nitrogens with one attached hydrogen (secondary N) is 1. The Hall–Kier alpha value is -2.45. The van der Waals surface area contributed by atoms with Crippen molar-refractivity contribution in [3.8, 4) is 5.75 Å². The zero-order chi connectivity index (χ0) is 22.1. The third-order valence-corrected chi connectivity index (χ3v) is 6.34. The second kappa shape index (κ2) is 11.8. The summed E-state index contributed by atoms with van der Waals surface area (Å²) >= 11 is 1.71. The SMILES string of the molecule is CCCCOc1ccc(C(=O)NCC(=O)N2CCN(Cc3csc(CC)n3)CC2)cc1. The molecule has 3 rings (SSSR count). The molecule has 8 heteroatoms. The van der Waals surface area contributed by atoms with Crippen molar-refractivity contribution in [3.05, 3.63) is 45.9 Å². The molecule has 1 aromatic heterocycles. The molecule has 7 nitrogen and oxygen atoms in total. The predicted octanol–water partition coefficient (Wildman–Crippen LogP) is 2.96. The van der Waals surface area contributed by atoms with E-state index in [0.717, 1.165) is 50.3 Å². The van der Waals surface area contributed by atoms with E-state index in [4.69, 9.17) is 4.74 Å². The molecule has 0 spiro atoms. The molecule has 1 aliphatic rings. The summed E-state index contributed by atoms with van der Waals surface area (Å²) in [6.45, 7) is 8.72. The number of amides is 2. The van der Waals surface area contributed by atoms with Crippen molar-refractivity contribution in [3.63, 3.8) is 0 Å². The summed E-state index contributed by atoms with van der Waals surface area (Å²) in [5.74, 6) is 0.458. The highest BCUT2D eigenvalue weighted by molar-refractivity contribution is 7.09. The van der Waals surface area contributed by atoms with Crippen LogP contribution in [0.4, 0.5) is 0 Å². The summed E-state index contributed by atoms with van der Waals surface area (Å²) in [6.07, 6.45) is 3.05. The van der Waals surface area contributed by atoms with Gasteiger partial charge in [-0.05, 0) is 37.1 Å². The van der Waals surface area contributed by atoms with E-state index in [1.54, 1.807) is 35.6 Å². The fourth-order valence-electron chi connectivity index (χ4n) is 3.38. The Morgan fingerprint density at radius 1 is 1.13 bits per heavy atom. The fourth-order valence-corrected chi connectivity index (χ4v) is 4.11. The first-order chi connectivity index (χ1) is 15.1. The van der Waals surface area contributed by atoms with Crippen LogP contribution in [0.3, 0.4) is 0 Å². The van der Waals surface area contributed by atoms with E-state index in [0.29, 0.717) is 25.3 Å². The minimum Gasteiger partial charge on any atom is -0.494 e. The quantitative estimate of drug-likeness (QED) is 0.571. The molecular formula is C23H32N4O3S. The van der Waals surface area contributed by atoms with E-state index in [-0.39, 0.29) is 18.4 Å². The highest BCUT2D eigenvalue weighted by atomic mass is 32.1. The Balaban J connectivity index is 1.38. The summed E-state index contributed by atoms with van der Waals surface area (Å²) in [5.41, 5.74) is 1.63. The molecule has 0 saturated carbocycles. The van der Waals surface area contributed by atoms with E-state index >= 15 is 0 Å². The average Bonchev–Trinajstić information content (AvgIpc) is 3.26. The first-order valence-corrected chi connectivity index (χ1v) is 11.9. The fraction of sp³-hybridized carbons (Fsp3) is 0.522. The molecule has 0 aliphatic carbocycles. The van der Waals surface area contributed by atoms with E-state index in [1.165, 1.54) is 5.01 Å². The maximum absolute atomic E-state index is 12.5. The maximum Gasteiger partial charge on any atom is 0.251 e. The van der Waals surface area contributed by atoms with Crippen LogP contribution in [0.5, 0.6) is 5.75 Å². The number of nitrogens with zero attached hydrogens (tertiary/aromatic N) is 3. The number of unbranched alkanes of at least 4 members (excludes halogenated alkanes) is 1. The Bertz CT molecular complexity index is 845. The van der Waals surface area contributed by atoms with Gasteiger partial charge in [0.25, 0.3) is 5.91 Å². The molecule has 2 amide bonds. The zero-order valence-corrected chi connectivity index (χ0v) is 19.2. The van der Waals surface area contributed by atoms with Crippen LogP contribution in [0, 0.1) is 0 Å². The molecule has 1 saturated heterocycles. The van der Waals surface area contributed by atoms with Crippen LogP contribution in [0.1, 0.15) is 47.7 Å². The van der Waals surface area contributed by atoms with Gasteiger partial charge in [0.1, 0.15) is 5.75 Å². The largest absolute Gasteiger partial charge is 0.494 e. The number of carbonyl (C=O) groups excluding carboxylic acids is 2. The van der Waals surface area contributed by atoms with Gasteiger partial charge in [-0.1, -0.05) is 20.3 Å². The van der Waals surface area contributed by atoms with E-state index < -0.39 is 0 Å². The molecule has 0 unspecified atom stereocenters. The van der Waals surface area contributed by atoms with Crippen LogP contribution in [0.15, 0.2) is 29.6 Å². The van der Waals surface area contributed by atoms with Crippen molar-refractivity contribution < 1.29 is 14.3 Å². The maximum atomic E-state index is 12.5. The molecule has 168 valence electrons. The van der Waals surface area contributed by atoms with Gasteiger partial charge in [0.15, 0.2) is 0 Å². The van der Waals surface area contributed by atoms with Crippen LogP contribution in [0.25, 0.3) is 0 Å². The summed E-state index contributed by atoms with van der Waals surface area (Å²) in [5, 5.41) is 6.02. The summed E-state index contributed by atoms with van der Waals surface area (Å²) in [6, 6.07) is 7.03. The van der Waals surface area contributed by atoms with Gasteiger partial charge in [0.2, 0.25) is 5.91 Å². The number of piperazine rings is 1. The molecular weight excluding hydrogens is 412 g/mol. The zero-order valence-electron chi connectivity index (χ0n) is 18.4. The van der Waals surface area contributed by atoms with Crippen molar-refractivity contribution in [2.75, 3.05) is 39.3 Å². The highest BCUT2D eigenvalue weighted by Gasteiger charge is 2.22. The third-order valence-electron chi connectivity index (χ3n) is 5.30. The van der Waals surface area contributed by atoms with Gasteiger partial charge >= 0.3 is 0 Å². The normalized spacial score (nSPS) is 14.5. The predicted molar refractivity (Wildman–Crippen MR) is 123 cm³/mol. The van der Waals surface area contributed by atoms with Crippen LogP contribution >= 0.6 is 11.3 Å². The second-order valence-electron chi connectivity index (χ2n) is 7.65. The summed E-state index contributed by atoms with van der Waals surface area (Å²) in [4.78, 5) is 33.6. The van der Waals surface area contributed by atoms with Gasteiger partial charge in [-0.2, -0.15) is 0 Å². The van der Waals surface area contributed by atoms with Gasteiger partial charge < -0.3 is 15.0 Å². The minimum atomic E-state index is -0.248. The van der Waals surface area contributed by atoms with E-state index in [9.17, 15) is 9.59 Å². The Morgan fingerprint density at radius 3 is 2.52 bits per heavy atom. The lowest BCUT2D eigenvalue weighted by Gasteiger charge is -2.34. The second-order valence-corrected chi connectivity index (χ2v) is 8.59. The Morgan fingerprint density at radius 2 is 1.87 bits per heavy atom. The van der Waals surface area contributed by atoms with Gasteiger partial charge in [-0.3, -0.25) is 14.5 Å². The van der Waals surface area contributed by atoms with Crippen molar-refractivity contribution in [2.24, 2.45) is 0 Å². The molecule has 1 aromatic carbocycles. The van der Waals surface area contributed by atoms with Gasteiger partial charge in [-0.15, -0.1) is 11.3 Å². The first kappa shape index (κ1) is 23.2. The number of ether oxygens (including phenoxy) is 1. The minimum absolute atomic E-state index is 0.0134. The lowest BCUT2D eigenvalue weighted by Crippen LogP contribution is -2.50. The van der Waals surface area contributed by atoms with Crippen LogP contribution in [-0.2, 0) is 17.8 Å². The van der Waals surface area contributed by atoms with Crippen LogP contribution < -0.4 is 10.1 Å². The lowest BCUT2D eigenvalue weighted by molar-refractivity contribution is -0.131. The summed E-state index contributed by atoms with van der Waals surface area (Å²) < 4.78 is 5.61. The van der Waals surface area contributed by atoms with Crippen LogP contribution in [-0.4, -0.2) is 65.9 Å². The number of aromatic nitrogens is 1. The molecule has 0 radical (unpaired) electrons. The number of thiazole rings is 1. The van der Waals surface area contributed by atoms with Gasteiger partial charge in [0, 0.05) is 43.7 Å². The van der Waals surface area contributed by atoms with E-state index in [1.807, 2.05) is 4.90 Å². The standard InChI is InChI=1S/C23H32N4O3S/c1-3-5-14-30-20-8-6-18(7-9-20)23(29)24-15-22(28)27-12-10-26(11-13-27)16-19-17-31-21(4-2)25-19/h6-9,17H,3-5,10-16H2,1-2H3,(H,24,29). The molecule has 1 aliphatic heterocycles. The molecule has 2 aromatic rings. The number of carbonyl (C=O) groups is 2. The Labute approximate surface area is 188 Å². The number of hydrogen-bond acceptors (Lipinski definition) is 6. The number of benzene rings is 1. The topological polar surface area (TPSA) is 74.8 Å². The smallest absolute Gasteiger partial charge is 0.251 e. The van der Waals surface area contributed by atoms with Crippen LogP contribution in [0.2, 0.25) is 0 Å². The summed E-state index contributed by atoms with van der Waals surface area (Å²) in [7, 11) is 0. The highest BCUT2D eigenvalue weighted by Crippen LogP contribution is 2.14. The Kier molecular flexibility index (Phi) is 8.85. The average molecular weight is 445 g/mol. The molecule has 2 heterocycles. The molecule has 0 atom stereocenters. The van der Waals surface area contributed by atoms with Gasteiger partial charge in [-0.25, -0.2) is 4.98 Å². The number of rotatable bonds is 10. The number of hydrogen-bond donors (Lipinski definition) is 1. The van der Waals surface area contributed by atoms with Crippen molar-refractivity contribution in [2.45, 2.75) is 39.7 Å². The number of aryl methyl sites for hydroxylation is 1. The molecule has 0 bridgehead atoms. The monoisotopic (exact) mass is 444 g/mol. The van der Waals surface area contributed by atoms with E-state index in [2.05, 4.69) is 34.4 Å².